The number of fused-ring (bicyclic) bond motifs is 1. The van der Waals surface area contributed by atoms with E-state index >= 15 is 0 Å². The van der Waals surface area contributed by atoms with Gasteiger partial charge in [-0.1, -0.05) is 44.7 Å². The Labute approximate surface area is 162 Å². The number of anilines is 1. The van der Waals surface area contributed by atoms with E-state index in [4.69, 9.17) is 0 Å². The van der Waals surface area contributed by atoms with Crippen LogP contribution in [0.3, 0.4) is 0 Å². The Bertz CT molecular complexity index is 887. The van der Waals surface area contributed by atoms with E-state index in [1.165, 1.54) is 0 Å². The minimum atomic E-state index is -0.174. The van der Waals surface area contributed by atoms with E-state index in [0.717, 1.165) is 16.3 Å². The minimum absolute atomic E-state index is 0.0766. The molecule has 5 nitrogen and oxygen atoms in total. The quantitative estimate of drug-likeness (QED) is 0.634. The minimum Gasteiger partial charge on any atom is -0.325 e. The lowest BCUT2D eigenvalue weighted by molar-refractivity contribution is -0.116. The molecule has 138 valence electrons. The van der Waals surface area contributed by atoms with Gasteiger partial charge in [0, 0.05) is 28.6 Å². The van der Waals surface area contributed by atoms with Crippen LogP contribution in [-0.4, -0.2) is 27.5 Å². The van der Waals surface area contributed by atoms with Crippen LogP contribution in [0.4, 0.5) is 5.69 Å². The second-order valence-electron chi connectivity index (χ2n) is 7.30. The van der Waals surface area contributed by atoms with Gasteiger partial charge < -0.3 is 5.32 Å². The highest BCUT2D eigenvalue weighted by Crippen LogP contribution is 2.34. The summed E-state index contributed by atoms with van der Waals surface area (Å²) in [4.78, 5) is 30.8. The summed E-state index contributed by atoms with van der Waals surface area (Å²) >= 11 is 3.14. The number of aromatic nitrogens is 2. The predicted octanol–water partition coefficient (Wildman–Crippen LogP) is 3.94. The fraction of sp³-hybridized carbons (Fsp3) is 0.421. The van der Waals surface area contributed by atoms with E-state index in [1.54, 1.807) is 34.2 Å². The molecular weight excluding hydrogens is 366 g/mol. The van der Waals surface area contributed by atoms with Crippen LogP contribution in [0.1, 0.15) is 38.9 Å². The van der Waals surface area contributed by atoms with Gasteiger partial charge in [0.1, 0.15) is 0 Å². The highest BCUT2D eigenvalue weighted by Gasteiger charge is 2.29. The molecular formula is C19H23N3O2S2. The SMILES string of the molecule is CSc1ccccc1NC(=O)CC1CSc2nc(C(C)(C)C)cc(=O)n21. The molecule has 2 aromatic rings. The summed E-state index contributed by atoms with van der Waals surface area (Å²) in [5.41, 5.74) is 1.35. The van der Waals surface area contributed by atoms with Crippen LogP contribution in [0.15, 0.2) is 45.2 Å². The summed E-state index contributed by atoms with van der Waals surface area (Å²) < 4.78 is 1.67. The molecule has 0 radical (unpaired) electrons. The summed E-state index contributed by atoms with van der Waals surface area (Å²) in [6.07, 6.45) is 2.24. The maximum absolute atomic E-state index is 12.6. The number of rotatable bonds is 4. The number of hydrogen-bond acceptors (Lipinski definition) is 5. The molecule has 3 rings (SSSR count). The zero-order valence-corrected chi connectivity index (χ0v) is 17.0. The number of nitrogens with one attached hydrogen (secondary N) is 1. The van der Waals surface area contributed by atoms with Gasteiger partial charge in [-0.3, -0.25) is 14.2 Å². The van der Waals surface area contributed by atoms with Crippen LogP contribution in [-0.2, 0) is 10.2 Å². The Morgan fingerprint density at radius 2 is 2.12 bits per heavy atom. The second kappa shape index (κ2) is 7.48. The van der Waals surface area contributed by atoms with E-state index < -0.39 is 0 Å². The average Bonchev–Trinajstić information content (AvgIpc) is 2.98. The monoisotopic (exact) mass is 389 g/mol. The number of benzene rings is 1. The average molecular weight is 390 g/mol. The molecule has 0 saturated carbocycles. The van der Waals surface area contributed by atoms with E-state index in [1.807, 2.05) is 51.3 Å². The van der Waals surface area contributed by atoms with Gasteiger partial charge in [-0.25, -0.2) is 4.98 Å². The molecule has 1 aromatic carbocycles. The Morgan fingerprint density at radius 1 is 1.38 bits per heavy atom. The zero-order valence-electron chi connectivity index (χ0n) is 15.4. The standard InChI is InChI=1S/C19H23N3O2S2/c1-19(2,3)15-10-17(24)22-12(11-26-18(22)21-15)9-16(23)20-13-7-5-6-8-14(13)25-4/h5-8,10,12H,9,11H2,1-4H3,(H,20,23). The normalized spacial score (nSPS) is 16.4. The Hall–Kier alpha value is -1.73. The van der Waals surface area contributed by atoms with E-state index in [-0.39, 0.29) is 29.3 Å². The molecule has 1 aromatic heterocycles. The van der Waals surface area contributed by atoms with Crippen molar-refractivity contribution in [2.45, 2.75) is 48.7 Å². The van der Waals surface area contributed by atoms with Crippen LogP contribution in [0.2, 0.25) is 0 Å². The number of carbonyl (C=O) groups excluding carboxylic acids is 1. The lowest BCUT2D eigenvalue weighted by Gasteiger charge is -2.19. The second-order valence-corrected chi connectivity index (χ2v) is 9.13. The molecule has 1 aliphatic heterocycles. The predicted molar refractivity (Wildman–Crippen MR) is 108 cm³/mol. The zero-order chi connectivity index (χ0) is 18.9. The summed E-state index contributed by atoms with van der Waals surface area (Å²) in [6.45, 7) is 6.12. The molecule has 1 amide bonds. The molecule has 0 spiro atoms. The molecule has 0 bridgehead atoms. The summed E-state index contributed by atoms with van der Waals surface area (Å²) in [5.74, 6) is 0.602. The summed E-state index contributed by atoms with van der Waals surface area (Å²) in [5, 5.41) is 3.68. The maximum Gasteiger partial charge on any atom is 0.254 e. The molecule has 1 atom stereocenters. The van der Waals surface area contributed by atoms with Crippen LogP contribution < -0.4 is 10.9 Å². The van der Waals surface area contributed by atoms with Crippen molar-refractivity contribution in [3.63, 3.8) is 0 Å². The first-order chi connectivity index (χ1) is 12.3. The summed E-state index contributed by atoms with van der Waals surface area (Å²) in [6, 6.07) is 9.16. The van der Waals surface area contributed by atoms with E-state index in [9.17, 15) is 9.59 Å². The number of hydrogen-bond donors (Lipinski definition) is 1. The maximum atomic E-state index is 12.6. The fourth-order valence-corrected chi connectivity index (χ4v) is 4.55. The lowest BCUT2D eigenvalue weighted by atomic mass is 9.92. The van der Waals surface area contributed by atoms with E-state index in [2.05, 4.69) is 10.3 Å². The molecule has 1 unspecified atom stereocenters. The molecule has 1 N–H and O–H groups in total. The van der Waals surface area contributed by atoms with Crippen LogP contribution in [0.25, 0.3) is 0 Å². The first kappa shape index (κ1) is 19.0. The van der Waals surface area contributed by atoms with Crippen LogP contribution in [0.5, 0.6) is 0 Å². The van der Waals surface area contributed by atoms with Gasteiger partial charge in [0.25, 0.3) is 5.56 Å². The lowest BCUT2D eigenvalue weighted by Crippen LogP contribution is -2.29. The van der Waals surface area contributed by atoms with Gasteiger partial charge >= 0.3 is 0 Å². The molecule has 2 heterocycles. The number of amides is 1. The third-order valence-corrected chi connectivity index (χ3v) is 6.15. The smallest absolute Gasteiger partial charge is 0.254 e. The third-order valence-electron chi connectivity index (χ3n) is 4.26. The highest BCUT2D eigenvalue weighted by atomic mass is 32.2. The van der Waals surface area contributed by atoms with Gasteiger partial charge in [-0.05, 0) is 18.4 Å². The largest absolute Gasteiger partial charge is 0.325 e. The van der Waals surface area contributed by atoms with Crippen molar-refractivity contribution in [1.29, 1.82) is 0 Å². The Morgan fingerprint density at radius 3 is 2.81 bits per heavy atom. The fourth-order valence-electron chi connectivity index (χ4n) is 2.85. The molecule has 0 saturated heterocycles. The Balaban J connectivity index is 1.78. The summed E-state index contributed by atoms with van der Waals surface area (Å²) in [7, 11) is 0. The number of thioether (sulfide) groups is 2. The van der Waals surface area contributed by atoms with Crippen molar-refractivity contribution in [2.24, 2.45) is 0 Å². The van der Waals surface area contributed by atoms with Crippen molar-refractivity contribution in [3.8, 4) is 0 Å². The van der Waals surface area contributed by atoms with Crippen molar-refractivity contribution >= 4 is 35.1 Å². The van der Waals surface area contributed by atoms with Gasteiger partial charge in [0.15, 0.2) is 5.16 Å². The van der Waals surface area contributed by atoms with Gasteiger partial charge in [0.2, 0.25) is 5.91 Å². The van der Waals surface area contributed by atoms with Crippen LogP contribution >= 0.6 is 23.5 Å². The number of nitrogens with zero attached hydrogens (tertiary/aromatic N) is 2. The highest BCUT2D eigenvalue weighted by molar-refractivity contribution is 7.99. The Kier molecular flexibility index (Phi) is 5.48. The molecule has 1 aliphatic rings. The molecule has 7 heteroatoms. The number of para-hydroxylation sites is 1. The van der Waals surface area contributed by atoms with E-state index in [0.29, 0.717) is 10.9 Å². The van der Waals surface area contributed by atoms with Crippen molar-refractivity contribution in [1.82, 2.24) is 9.55 Å². The third kappa shape index (κ3) is 3.99. The van der Waals surface area contributed by atoms with Gasteiger partial charge in [0.05, 0.1) is 17.4 Å². The molecule has 0 aliphatic carbocycles. The van der Waals surface area contributed by atoms with Crippen molar-refractivity contribution in [3.05, 3.63) is 46.4 Å². The van der Waals surface area contributed by atoms with Gasteiger partial charge in [-0.15, -0.1) is 11.8 Å². The van der Waals surface area contributed by atoms with Gasteiger partial charge in [-0.2, -0.15) is 0 Å². The molecule has 0 fully saturated rings. The van der Waals surface area contributed by atoms with Crippen molar-refractivity contribution < 1.29 is 4.79 Å². The first-order valence-electron chi connectivity index (χ1n) is 8.49. The van der Waals surface area contributed by atoms with Crippen molar-refractivity contribution in [2.75, 3.05) is 17.3 Å². The van der Waals surface area contributed by atoms with Crippen LogP contribution in [0, 0.1) is 0 Å². The topological polar surface area (TPSA) is 64.0 Å². The molecule has 26 heavy (non-hydrogen) atoms. The first-order valence-corrected chi connectivity index (χ1v) is 10.7. The number of carbonyl (C=O) groups is 1.